The van der Waals surface area contributed by atoms with Crippen LogP contribution in [0.4, 0.5) is 0 Å². The van der Waals surface area contributed by atoms with Crippen LogP contribution in [-0.4, -0.2) is 16.8 Å². The Hall–Kier alpha value is -0.420. The first kappa shape index (κ1) is 9.15. The molecule has 2 heteroatoms. The molecule has 1 nitrogen and oxygen atoms in total. The zero-order valence-electron chi connectivity index (χ0n) is 7.71. The van der Waals surface area contributed by atoms with Crippen LogP contribution in [0.3, 0.4) is 0 Å². The van der Waals surface area contributed by atoms with E-state index in [9.17, 15) is 4.79 Å². The lowest BCUT2D eigenvalue weighted by Gasteiger charge is -2.16. The highest BCUT2D eigenvalue weighted by Gasteiger charge is 2.33. The molecule has 0 aromatic rings. The van der Waals surface area contributed by atoms with Crippen molar-refractivity contribution in [2.24, 2.45) is 5.92 Å². The van der Waals surface area contributed by atoms with Gasteiger partial charge in [-0.15, -0.1) is 17.7 Å². The molecule has 0 amide bonds. The molecule has 0 spiro atoms. The van der Waals surface area contributed by atoms with E-state index in [-0.39, 0.29) is 4.75 Å². The Labute approximate surface area is 83.7 Å². The van der Waals surface area contributed by atoms with E-state index in [1.807, 2.05) is 0 Å². The highest BCUT2D eigenvalue weighted by molar-refractivity contribution is 8.01. The third kappa shape index (κ3) is 2.28. The minimum Gasteiger partial charge on any atom is -0.302 e. The van der Waals surface area contributed by atoms with Crippen molar-refractivity contribution in [2.45, 2.75) is 36.9 Å². The van der Waals surface area contributed by atoms with E-state index in [0.717, 1.165) is 24.9 Å². The molecule has 0 aromatic heterocycles. The third-order valence-corrected chi connectivity index (χ3v) is 4.13. The summed E-state index contributed by atoms with van der Waals surface area (Å²) < 4.78 is -0.137. The van der Waals surface area contributed by atoms with Crippen molar-refractivity contribution in [1.82, 2.24) is 0 Å². The molecular weight excluding hydrogens is 180 g/mol. The van der Waals surface area contributed by atoms with Gasteiger partial charge < -0.3 is 4.79 Å². The molecule has 2 rings (SSSR count). The van der Waals surface area contributed by atoms with Gasteiger partial charge in [-0.05, 0) is 31.4 Å². The Balaban J connectivity index is 1.90. The Kier molecular flexibility index (Phi) is 2.64. The molecule has 1 saturated carbocycles. The van der Waals surface area contributed by atoms with Crippen molar-refractivity contribution in [2.75, 3.05) is 5.75 Å². The number of carbonyl (C=O) groups is 1. The third-order valence-electron chi connectivity index (χ3n) is 2.62. The zero-order chi connectivity index (χ0) is 9.15. The number of hydrogen-bond donors (Lipinski definition) is 0. The van der Waals surface area contributed by atoms with Gasteiger partial charge in [-0.3, -0.25) is 0 Å². The van der Waals surface area contributed by atoms with Crippen molar-refractivity contribution in [3.05, 3.63) is 0 Å². The molecule has 0 radical (unpaired) electrons. The fourth-order valence-electron chi connectivity index (χ4n) is 1.57. The fourth-order valence-corrected chi connectivity index (χ4v) is 2.79. The van der Waals surface area contributed by atoms with Crippen molar-refractivity contribution < 1.29 is 4.79 Å². The molecule has 0 N–H and O–H groups in total. The molecule has 1 unspecified atom stereocenters. The van der Waals surface area contributed by atoms with E-state index in [4.69, 9.17) is 0 Å². The van der Waals surface area contributed by atoms with Crippen LogP contribution < -0.4 is 0 Å². The Morgan fingerprint density at radius 3 is 2.92 bits per heavy atom. The maximum Gasteiger partial charge on any atom is 0.136 e. The molecule has 0 aromatic carbocycles. The first-order chi connectivity index (χ1) is 6.35. The number of aldehydes is 1. The van der Waals surface area contributed by atoms with Crippen molar-refractivity contribution in [3.63, 3.8) is 0 Å². The average molecular weight is 194 g/mol. The van der Waals surface area contributed by atoms with Gasteiger partial charge in [0.2, 0.25) is 0 Å². The van der Waals surface area contributed by atoms with Crippen LogP contribution in [0.25, 0.3) is 0 Å². The lowest BCUT2D eigenvalue weighted by atomic mass is 10.0. The first-order valence-corrected chi connectivity index (χ1v) is 5.92. The van der Waals surface area contributed by atoms with Crippen molar-refractivity contribution in [3.8, 4) is 11.8 Å². The topological polar surface area (TPSA) is 17.1 Å². The quantitative estimate of drug-likeness (QED) is 0.495. The van der Waals surface area contributed by atoms with Gasteiger partial charge in [-0.2, -0.15) is 0 Å². The summed E-state index contributed by atoms with van der Waals surface area (Å²) in [4.78, 5) is 10.9. The van der Waals surface area contributed by atoms with E-state index in [2.05, 4.69) is 11.8 Å². The summed E-state index contributed by atoms with van der Waals surface area (Å²) in [6.45, 7) is 0. The smallest absolute Gasteiger partial charge is 0.136 e. The second kappa shape index (κ2) is 3.75. The normalized spacial score (nSPS) is 32.3. The van der Waals surface area contributed by atoms with Crippen LogP contribution >= 0.6 is 11.8 Å². The van der Waals surface area contributed by atoms with E-state index >= 15 is 0 Å². The molecule has 1 aliphatic carbocycles. The van der Waals surface area contributed by atoms with E-state index in [1.165, 1.54) is 19.3 Å². The minimum atomic E-state index is -0.137. The van der Waals surface area contributed by atoms with Gasteiger partial charge in [0.25, 0.3) is 0 Å². The second-order valence-corrected chi connectivity index (χ2v) is 5.42. The van der Waals surface area contributed by atoms with Gasteiger partial charge in [0.05, 0.1) is 4.75 Å². The van der Waals surface area contributed by atoms with Gasteiger partial charge >= 0.3 is 0 Å². The minimum absolute atomic E-state index is 0.137. The van der Waals surface area contributed by atoms with E-state index in [1.54, 1.807) is 11.8 Å². The van der Waals surface area contributed by atoms with Gasteiger partial charge in [0.15, 0.2) is 0 Å². The Bertz CT molecular complexity index is 251. The van der Waals surface area contributed by atoms with Crippen molar-refractivity contribution >= 4 is 18.0 Å². The molecule has 2 aliphatic rings. The predicted octanol–water partition coefficient (Wildman–Crippen LogP) is 2.25. The predicted molar refractivity (Wildman–Crippen MR) is 55.6 cm³/mol. The summed E-state index contributed by atoms with van der Waals surface area (Å²) in [6, 6.07) is 0. The summed E-state index contributed by atoms with van der Waals surface area (Å²) in [7, 11) is 0. The highest BCUT2D eigenvalue weighted by atomic mass is 32.2. The molecule has 1 aliphatic heterocycles. The highest BCUT2D eigenvalue weighted by Crippen LogP contribution is 2.39. The summed E-state index contributed by atoms with van der Waals surface area (Å²) >= 11 is 1.79. The van der Waals surface area contributed by atoms with Gasteiger partial charge in [0, 0.05) is 12.3 Å². The number of carbonyl (C=O) groups excluding carboxylic acids is 1. The Morgan fingerprint density at radius 1 is 1.54 bits per heavy atom. The summed E-state index contributed by atoms with van der Waals surface area (Å²) in [5.41, 5.74) is 0. The average Bonchev–Trinajstić information content (AvgIpc) is 2.84. The number of hydrogen-bond acceptors (Lipinski definition) is 2. The van der Waals surface area contributed by atoms with Crippen LogP contribution in [-0.2, 0) is 4.79 Å². The molecule has 1 heterocycles. The summed E-state index contributed by atoms with van der Waals surface area (Å²) in [5.74, 6) is 8.19. The molecular formula is C11H14OS. The molecule has 1 atom stereocenters. The molecule has 70 valence electrons. The zero-order valence-corrected chi connectivity index (χ0v) is 8.53. The number of rotatable bonds is 2. The lowest BCUT2D eigenvalue weighted by Crippen LogP contribution is -2.21. The SMILES string of the molecule is O=CC1(CC#CC2CC2)CCCS1. The fraction of sp³-hybridized carbons (Fsp3) is 0.727. The first-order valence-electron chi connectivity index (χ1n) is 4.93. The summed E-state index contributed by atoms with van der Waals surface area (Å²) in [6.07, 6.45) is 6.64. The van der Waals surface area contributed by atoms with Crippen LogP contribution in [0.2, 0.25) is 0 Å². The van der Waals surface area contributed by atoms with Crippen LogP contribution in [0.5, 0.6) is 0 Å². The van der Waals surface area contributed by atoms with Crippen LogP contribution in [0.1, 0.15) is 32.1 Å². The van der Waals surface area contributed by atoms with Gasteiger partial charge in [0.1, 0.15) is 6.29 Å². The molecule has 13 heavy (non-hydrogen) atoms. The Morgan fingerprint density at radius 2 is 2.38 bits per heavy atom. The van der Waals surface area contributed by atoms with Gasteiger partial charge in [-0.1, -0.05) is 5.92 Å². The summed E-state index contributed by atoms with van der Waals surface area (Å²) in [5, 5.41) is 0. The maximum absolute atomic E-state index is 10.9. The van der Waals surface area contributed by atoms with Crippen LogP contribution in [0.15, 0.2) is 0 Å². The second-order valence-electron chi connectivity index (χ2n) is 3.91. The van der Waals surface area contributed by atoms with Crippen LogP contribution in [0, 0.1) is 17.8 Å². The molecule has 0 bridgehead atoms. The monoisotopic (exact) mass is 194 g/mol. The molecule has 1 saturated heterocycles. The largest absolute Gasteiger partial charge is 0.302 e. The lowest BCUT2D eigenvalue weighted by molar-refractivity contribution is -0.109. The molecule has 2 fully saturated rings. The standard InChI is InChI=1S/C11H14OS/c12-9-11(7-2-8-13-11)6-1-3-10-4-5-10/h9-10H,2,4-8H2. The van der Waals surface area contributed by atoms with Gasteiger partial charge in [-0.25, -0.2) is 0 Å². The van der Waals surface area contributed by atoms with E-state index in [0.29, 0.717) is 5.92 Å². The van der Waals surface area contributed by atoms with E-state index < -0.39 is 0 Å². The maximum atomic E-state index is 10.9. The van der Waals surface area contributed by atoms with Crippen molar-refractivity contribution in [1.29, 1.82) is 0 Å². The number of thioether (sulfide) groups is 1.